The van der Waals surface area contributed by atoms with Crippen molar-refractivity contribution in [3.63, 3.8) is 0 Å². The molecule has 0 heterocycles. The van der Waals surface area contributed by atoms with Gasteiger partial charge in [-0.1, -0.05) is 0 Å². The van der Waals surface area contributed by atoms with Gasteiger partial charge in [-0.05, 0) is 57.8 Å². The minimum atomic E-state index is -0.500. The maximum atomic E-state index is 12.5. The van der Waals surface area contributed by atoms with Gasteiger partial charge in [0.2, 0.25) is 11.8 Å². The van der Waals surface area contributed by atoms with Gasteiger partial charge in [0, 0.05) is 19.1 Å². The van der Waals surface area contributed by atoms with Crippen LogP contribution < -0.4 is 11.1 Å². The van der Waals surface area contributed by atoms with Gasteiger partial charge in [-0.15, -0.1) is 0 Å². The molecule has 0 unspecified atom stereocenters. The Morgan fingerprint density at radius 1 is 1.16 bits per heavy atom. The number of carbonyl (C=O) groups is 3. The lowest BCUT2D eigenvalue weighted by Gasteiger charge is -2.38. The first kappa shape index (κ1) is 19.7. The van der Waals surface area contributed by atoms with Crippen molar-refractivity contribution in [2.45, 2.75) is 76.4 Å². The molecule has 0 saturated heterocycles. The number of carbonyl (C=O) groups excluding carboxylic acids is 3. The van der Waals surface area contributed by atoms with Crippen LogP contribution in [0.3, 0.4) is 0 Å². The Balaban J connectivity index is 1.72. The van der Waals surface area contributed by atoms with E-state index < -0.39 is 12.0 Å². The Morgan fingerprint density at radius 3 is 2.32 bits per heavy atom. The summed E-state index contributed by atoms with van der Waals surface area (Å²) in [5.41, 5.74) is 6.22. The number of hydrogen-bond donors (Lipinski definition) is 2. The zero-order valence-electron chi connectivity index (χ0n) is 15.3. The normalized spacial score (nSPS) is 24.8. The van der Waals surface area contributed by atoms with Crippen LogP contribution in [0.15, 0.2) is 0 Å². The second-order valence-electron chi connectivity index (χ2n) is 7.22. The van der Waals surface area contributed by atoms with E-state index in [0.717, 1.165) is 38.5 Å². The maximum Gasteiger partial charge on any atom is 0.315 e. The summed E-state index contributed by atoms with van der Waals surface area (Å²) in [6.07, 6.45) is 6.31. The minimum Gasteiger partial charge on any atom is -0.466 e. The second-order valence-corrected chi connectivity index (χ2v) is 7.22. The van der Waals surface area contributed by atoms with Gasteiger partial charge in [-0.3, -0.25) is 14.4 Å². The largest absolute Gasteiger partial charge is 0.466 e. The molecule has 0 aliphatic heterocycles. The molecule has 0 aromatic heterocycles. The molecule has 7 heteroatoms. The van der Waals surface area contributed by atoms with Crippen molar-refractivity contribution >= 4 is 17.8 Å². The molecule has 2 fully saturated rings. The standard InChI is InChI=1S/C18H31N3O4/c1-3-25-16(23)11-15(22)20-13-9-7-12(8-10-13)17(19)18(24)21(2)14-5-4-6-14/h12-14,17H,3-11,19H2,1-2H3,(H,20,22)/t12?,13?,17-/m0/s1. The molecule has 25 heavy (non-hydrogen) atoms. The highest BCUT2D eigenvalue weighted by Gasteiger charge is 2.34. The molecule has 1 atom stereocenters. The van der Waals surface area contributed by atoms with Gasteiger partial charge in [-0.2, -0.15) is 0 Å². The Hall–Kier alpha value is -1.63. The number of amides is 2. The van der Waals surface area contributed by atoms with Gasteiger partial charge in [0.15, 0.2) is 0 Å². The Bertz CT molecular complexity index is 485. The molecular weight excluding hydrogens is 322 g/mol. The first-order chi connectivity index (χ1) is 11.9. The molecule has 0 bridgehead atoms. The number of esters is 1. The molecule has 2 rings (SSSR count). The van der Waals surface area contributed by atoms with Crippen LogP contribution >= 0.6 is 0 Å². The van der Waals surface area contributed by atoms with Crippen molar-refractivity contribution in [1.82, 2.24) is 10.2 Å². The Labute approximate surface area is 149 Å². The third kappa shape index (κ3) is 5.42. The average Bonchev–Trinajstić information content (AvgIpc) is 2.52. The van der Waals surface area contributed by atoms with Crippen molar-refractivity contribution in [3.8, 4) is 0 Å². The van der Waals surface area contributed by atoms with Gasteiger partial charge in [-0.25, -0.2) is 0 Å². The highest BCUT2D eigenvalue weighted by molar-refractivity contribution is 5.94. The van der Waals surface area contributed by atoms with Crippen LogP contribution in [0.1, 0.15) is 58.3 Å². The van der Waals surface area contributed by atoms with Gasteiger partial charge >= 0.3 is 5.97 Å². The van der Waals surface area contributed by atoms with E-state index in [2.05, 4.69) is 5.32 Å². The number of rotatable bonds is 7. The lowest BCUT2D eigenvalue weighted by molar-refractivity contribution is -0.146. The van der Waals surface area contributed by atoms with Crippen LogP contribution in [0.25, 0.3) is 0 Å². The zero-order valence-corrected chi connectivity index (χ0v) is 15.3. The fraction of sp³-hybridized carbons (Fsp3) is 0.833. The number of ether oxygens (including phenoxy) is 1. The lowest BCUT2D eigenvalue weighted by atomic mass is 9.81. The fourth-order valence-corrected chi connectivity index (χ4v) is 3.64. The summed E-state index contributed by atoms with van der Waals surface area (Å²) in [5, 5.41) is 2.88. The fourth-order valence-electron chi connectivity index (χ4n) is 3.64. The molecule has 7 nitrogen and oxygen atoms in total. The van der Waals surface area contributed by atoms with E-state index in [-0.39, 0.29) is 36.8 Å². The molecule has 3 N–H and O–H groups in total. The molecule has 2 aliphatic rings. The van der Waals surface area contributed by atoms with Crippen LogP contribution in [0, 0.1) is 5.92 Å². The lowest BCUT2D eigenvalue weighted by Crippen LogP contribution is -2.52. The molecule has 0 spiro atoms. The molecule has 142 valence electrons. The summed E-state index contributed by atoms with van der Waals surface area (Å²) in [6, 6.07) is -0.0522. The van der Waals surface area contributed by atoms with E-state index in [0.29, 0.717) is 6.04 Å². The average molecular weight is 353 g/mol. The number of nitrogens with zero attached hydrogens (tertiary/aromatic N) is 1. The van der Waals surface area contributed by atoms with E-state index in [1.807, 2.05) is 11.9 Å². The predicted molar refractivity (Wildman–Crippen MR) is 93.5 cm³/mol. The van der Waals surface area contributed by atoms with E-state index in [4.69, 9.17) is 10.5 Å². The summed E-state index contributed by atoms with van der Waals surface area (Å²) in [7, 11) is 1.85. The van der Waals surface area contributed by atoms with Crippen molar-refractivity contribution in [1.29, 1.82) is 0 Å². The SMILES string of the molecule is CCOC(=O)CC(=O)NC1CCC([C@H](N)C(=O)N(C)C2CCC2)CC1. The first-order valence-corrected chi connectivity index (χ1v) is 9.39. The third-order valence-corrected chi connectivity index (χ3v) is 5.51. The molecular formula is C18H31N3O4. The highest BCUT2D eigenvalue weighted by Crippen LogP contribution is 2.29. The van der Waals surface area contributed by atoms with Crippen molar-refractivity contribution in [3.05, 3.63) is 0 Å². The summed E-state index contributed by atoms with van der Waals surface area (Å²) in [5.74, 6) is -0.597. The number of nitrogens with two attached hydrogens (primary N) is 1. The van der Waals surface area contributed by atoms with Gasteiger partial charge in [0.05, 0.1) is 12.6 Å². The van der Waals surface area contributed by atoms with Gasteiger partial charge in [0.1, 0.15) is 6.42 Å². The molecule has 0 radical (unpaired) electrons. The number of hydrogen-bond acceptors (Lipinski definition) is 5. The summed E-state index contributed by atoms with van der Waals surface area (Å²) < 4.78 is 4.77. The zero-order chi connectivity index (χ0) is 18.4. The molecule has 2 saturated carbocycles. The van der Waals surface area contributed by atoms with Crippen LogP contribution in [-0.4, -0.2) is 54.5 Å². The second kappa shape index (κ2) is 9.17. The molecule has 2 aliphatic carbocycles. The quantitative estimate of drug-likeness (QED) is 0.524. The van der Waals surface area contributed by atoms with Crippen molar-refractivity contribution < 1.29 is 19.1 Å². The highest BCUT2D eigenvalue weighted by atomic mass is 16.5. The van der Waals surface area contributed by atoms with E-state index in [1.165, 1.54) is 6.42 Å². The monoisotopic (exact) mass is 353 g/mol. The first-order valence-electron chi connectivity index (χ1n) is 9.39. The molecule has 2 amide bonds. The number of likely N-dealkylation sites (N-methyl/N-ethyl adjacent to an activating group) is 1. The maximum absolute atomic E-state index is 12.5. The van der Waals surface area contributed by atoms with Crippen LogP contribution in [-0.2, 0) is 19.1 Å². The summed E-state index contributed by atoms with van der Waals surface area (Å²) >= 11 is 0. The third-order valence-electron chi connectivity index (χ3n) is 5.51. The van der Waals surface area contributed by atoms with E-state index in [9.17, 15) is 14.4 Å². The van der Waals surface area contributed by atoms with Gasteiger partial charge < -0.3 is 20.7 Å². The topological polar surface area (TPSA) is 102 Å². The Morgan fingerprint density at radius 2 is 1.80 bits per heavy atom. The smallest absolute Gasteiger partial charge is 0.315 e. The summed E-state index contributed by atoms with van der Waals surface area (Å²) in [6.45, 7) is 1.99. The van der Waals surface area contributed by atoms with Crippen LogP contribution in [0.2, 0.25) is 0 Å². The van der Waals surface area contributed by atoms with Crippen LogP contribution in [0.5, 0.6) is 0 Å². The van der Waals surface area contributed by atoms with E-state index in [1.54, 1.807) is 6.92 Å². The van der Waals surface area contributed by atoms with Crippen LogP contribution in [0.4, 0.5) is 0 Å². The molecule has 0 aromatic carbocycles. The summed E-state index contributed by atoms with van der Waals surface area (Å²) in [4.78, 5) is 37.5. The minimum absolute atomic E-state index is 0.0412. The Kier molecular flexibility index (Phi) is 7.23. The molecule has 0 aromatic rings. The van der Waals surface area contributed by atoms with Gasteiger partial charge in [0.25, 0.3) is 0 Å². The number of nitrogens with one attached hydrogen (secondary N) is 1. The van der Waals surface area contributed by atoms with Crippen molar-refractivity contribution in [2.24, 2.45) is 11.7 Å². The predicted octanol–water partition coefficient (Wildman–Crippen LogP) is 0.953. The van der Waals surface area contributed by atoms with Crippen molar-refractivity contribution in [2.75, 3.05) is 13.7 Å². The van der Waals surface area contributed by atoms with E-state index >= 15 is 0 Å².